The summed E-state index contributed by atoms with van der Waals surface area (Å²) in [7, 11) is 0. The number of nitrogens with zero attached hydrogens (tertiary/aromatic N) is 1. The van der Waals surface area contributed by atoms with E-state index >= 15 is 0 Å². The van der Waals surface area contributed by atoms with Gasteiger partial charge in [-0.25, -0.2) is 0 Å². The molecule has 1 heterocycles. The Labute approximate surface area is 102 Å². The fourth-order valence-electron chi connectivity index (χ4n) is 2.46. The van der Waals surface area contributed by atoms with Crippen molar-refractivity contribution in [3.8, 4) is 0 Å². The van der Waals surface area contributed by atoms with Crippen LogP contribution in [-0.4, -0.2) is 17.4 Å². The van der Waals surface area contributed by atoms with E-state index in [9.17, 15) is 0 Å². The first-order chi connectivity index (χ1) is 7.85. The summed E-state index contributed by atoms with van der Waals surface area (Å²) in [5.74, 6) is 0.785. The second kappa shape index (κ2) is 5.65. The van der Waals surface area contributed by atoms with Crippen LogP contribution in [0.15, 0.2) is 24.5 Å². The van der Waals surface area contributed by atoms with Gasteiger partial charge in [0.05, 0.1) is 0 Å². The summed E-state index contributed by atoms with van der Waals surface area (Å²) in [6, 6.07) is 4.08. The van der Waals surface area contributed by atoms with Gasteiger partial charge in [-0.2, -0.15) is 0 Å². The highest BCUT2D eigenvalue weighted by molar-refractivity contribution is 6.18. The largest absolute Gasteiger partial charge is 0.312 e. The molecule has 0 spiro atoms. The quantitative estimate of drug-likeness (QED) is 0.798. The summed E-state index contributed by atoms with van der Waals surface area (Å²) in [6.07, 6.45) is 8.94. The zero-order chi connectivity index (χ0) is 11.3. The van der Waals surface area contributed by atoms with Gasteiger partial charge in [0.2, 0.25) is 0 Å². The van der Waals surface area contributed by atoms with Crippen molar-refractivity contribution in [3.63, 3.8) is 0 Å². The van der Waals surface area contributed by atoms with Crippen LogP contribution in [0.5, 0.6) is 0 Å². The van der Waals surface area contributed by atoms with E-state index in [1.165, 1.54) is 31.2 Å². The van der Waals surface area contributed by atoms with Crippen molar-refractivity contribution in [2.24, 2.45) is 5.41 Å². The molecule has 1 aromatic heterocycles. The molecular formula is C13H19ClN2. The van der Waals surface area contributed by atoms with Crippen LogP contribution in [0.25, 0.3) is 0 Å². The van der Waals surface area contributed by atoms with E-state index in [0.29, 0.717) is 5.41 Å². The van der Waals surface area contributed by atoms with E-state index < -0.39 is 0 Å². The molecule has 1 aromatic rings. The molecule has 16 heavy (non-hydrogen) atoms. The van der Waals surface area contributed by atoms with Crippen molar-refractivity contribution in [1.82, 2.24) is 10.3 Å². The highest BCUT2D eigenvalue weighted by atomic mass is 35.5. The minimum Gasteiger partial charge on any atom is -0.312 e. The van der Waals surface area contributed by atoms with Gasteiger partial charge in [-0.15, -0.1) is 11.6 Å². The number of rotatable bonds is 5. The van der Waals surface area contributed by atoms with Crippen LogP contribution >= 0.6 is 11.6 Å². The Kier molecular flexibility index (Phi) is 4.19. The van der Waals surface area contributed by atoms with Crippen LogP contribution in [-0.2, 0) is 6.54 Å². The molecule has 1 aliphatic carbocycles. The molecule has 88 valence electrons. The second-order valence-corrected chi connectivity index (χ2v) is 5.07. The third kappa shape index (κ3) is 2.96. The smallest absolute Gasteiger partial charge is 0.0312 e. The van der Waals surface area contributed by atoms with Crippen molar-refractivity contribution >= 4 is 11.6 Å². The maximum absolute atomic E-state index is 6.09. The monoisotopic (exact) mass is 238 g/mol. The van der Waals surface area contributed by atoms with E-state index in [1.807, 2.05) is 12.3 Å². The first kappa shape index (κ1) is 11.9. The van der Waals surface area contributed by atoms with Crippen LogP contribution in [0.1, 0.15) is 31.2 Å². The third-order valence-electron chi connectivity index (χ3n) is 3.50. The molecular weight excluding hydrogens is 220 g/mol. The summed E-state index contributed by atoms with van der Waals surface area (Å²) >= 11 is 6.09. The highest BCUT2D eigenvalue weighted by Crippen LogP contribution is 2.38. The maximum atomic E-state index is 6.09. The van der Waals surface area contributed by atoms with Crippen LogP contribution < -0.4 is 5.32 Å². The molecule has 0 aliphatic heterocycles. The van der Waals surface area contributed by atoms with Crippen molar-refractivity contribution in [2.75, 3.05) is 12.4 Å². The summed E-state index contributed by atoms with van der Waals surface area (Å²) in [4.78, 5) is 4.11. The Morgan fingerprint density at radius 1 is 1.38 bits per heavy atom. The van der Waals surface area contributed by atoms with E-state index in [0.717, 1.165) is 19.0 Å². The van der Waals surface area contributed by atoms with Gasteiger partial charge in [0.1, 0.15) is 0 Å². The highest BCUT2D eigenvalue weighted by Gasteiger charge is 2.32. The molecule has 1 N–H and O–H groups in total. The lowest BCUT2D eigenvalue weighted by Crippen LogP contribution is -2.33. The van der Waals surface area contributed by atoms with Gasteiger partial charge in [0, 0.05) is 31.4 Å². The lowest BCUT2D eigenvalue weighted by Gasteiger charge is -2.26. The molecule has 1 aliphatic rings. The summed E-state index contributed by atoms with van der Waals surface area (Å²) in [6.45, 7) is 1.93. The van der Waals surface area contributed by atoms with Crippen molar-refractivity contribution in [1.29, 1.82) is 0 Å². The standard InChI is InChI=1S/C13H19ClN2/c14-10-13(5-1-2-6-13)11-16-9-12-4-3-7-15-8-12/h3-4,7-8,16H,1-2,5-6,9-11H2. The molecule has 1 fully saturated rings. The summed E-state index contributed by atoms with van der Waals surface area (Å²) in [5, 5.41) is 3.51. The average molecular weight is 239 g/mol. The van der Waals surface area contributed by atoms with Gasteiger partial charge in [0.15, 0.2) is 0 Å². The van der Waals surface area contributed by atoms with E-state index in [2.05, 4.69) is 16.4 Å². The topological polar surface area (TPSA) is 24.9 Å². The lowest BCUT2D eigenvalue weighted by atomic mass is 9.88. The summed E-state index contributed by atoms with van der Waals surface area (Å²) < 4.78 is 0. The molecule has 1 saturated carbocycles. The molecule has 0 atom stereocenters. The number of nitrogens with one attached hydrogen (secondary N) is 1. The van der Waals surface area contributed by atoms with Crippen LogP contribution in [0.2, 0.25) is 0 Å². The zero-order valence-corrected chi connectivity index (χ0v) is 10.3. The molecule has 0 bridgehead atoms. The number of hydrogen-bond acceptors (Lipinski definition) is 2. The third-order valence-corrected chi connectivity index (χ3v) is 4.07. The Hall–Kier alpha value is -0.600. The Balaban J connectivity index is 1.79. The van der Waals surface area contributed by atoms with Crippen molar-refractivity contribution in [2.45, 2.75) is 32.2 Å². The van der Waals surface area contributed by atoms with Gasteiger partial charge in [-0.05, 0) is 29.9 Å². The number of alkyl halides is 1. The molecule has 0 aromatic carbocycles. The van der Waals surface area contributed by atoms with Gasteiger partial charge in [-0.1, -0.05) is 18.9 Å². The van der Waals surface area contributed by atoms with Crippen LogP contribution in [0, 0.1) is 5.41 Å². The maximum Gasteiger partial charge on any atom is 0.0312 e. The molecule has 0 amide bonds. The number of aromatic nitrogens is 1. The van der Waals surface area contributed by atoms with E-state index in [-0.39, 0.29) is 0 Å². The number of hydrogen-bond donors (Lipinski definition) is 1. The predicted molar refractivity (Wildman–Crippen MR) is 67.6 cm³/mol. The predicted octanol–water partition coefficient (Wildman–Crippen LogP) is 2.97. The summed E-state index contributed by atoms with van der Waals surface area (Å²) in [5.41, 5.74) is 1.59. The van der Waals surface area contributed by atoms with Crippen molar-refractivity contribution in [3.05, 3.63) is 30.1 Å². The minimum atomic E-state index is 0.351. The Bertz CT molecular complexity index is 307. The van der Waals surface area contributed by atoms with E-state index in [4.69, 9.17) is 11.6 Å². The fraction of sp³-hybridized carbons (Fsp3) is 0.615. The molecule has 2 nitrogen and oxygen atoms in total. The molecule has 0 saturated heterocycles. The number of pyridine rings is 1. The molecule has 0 radical (unpaired) electrons. The molecule has 2 rings (SSSR count). The van der Waals surface area contributed by atoms with Gasteiger partial charge < -0.3 is 5.32 Å². The zero-order valence-electron chi connectivity index (χ0n) is 9.58. The van der Waals surface area contributed by atoms with Crippen molar-refractivity contribution < 1.29 is 0 Å². The Morgan fingerprint density at radius 3 is 2.81 bits per heavy atom. The first-order valence-corrected chi connectivity index (χ1v) is 6.54. The normalized spacial score (nSPS) is 18.8. The van der Waals surface area contributed by atoms with Crippen LogP contribution in [0.4, 0.5) is 0 Å². The van der Waals surface area contributed by atoms with Gasteiger partial charge >= 0.3 is 0 Å². The van der Waals surface area contributed by atoms with Crippen LogP contribution in [0.3, 0.4) is 0 Å². The SMILES string of the molecule is ClCC1(CNCc2cccnc2)CCCC1. The van der Waals surface area contributed by atoms with E-state index in [1.54, 1.807) is 6.20 Å². The first-order valence-electron chi connectivity index (χ1n) is 6.00. The molecule has 3 heteroatoms. The minimum absolute atomic E-state index is 0.351. The average Bonchev–Trinajstić information content (AvgIpc) is 2.80. The fourth-order valence-corrected chi connectivity index (χ4v) is 2.82. The second-order valence-electron chi connectivity index (χ2n) is 4.81. The van der Waals surface area contributed by atoms with Gasteiger partial charge in [-0.3, -0.25) is 4.98 Å². The van der Waals surface area contributed by atoms with Gasteiger partial charge in [0.25, 0.3) is 0 Å². The number of halogens is 1. The lowest BCUT2D eigenvalue weighted by molar-refractivity contribution is 0.320. The Morgan fingerprint density at radius 2 is 2.19 bits per heavy atom. The molecule has 0 unspecified atom stereocenters.